The molecular weight excluding hydrogens is 845 g/mol. The predicted molar refractivity (Wildman–Crippen MR) is 239 cm³/mol. The van der Waals surface area contributed by atoms with E-state index in [1.54, 1.807) is 50.6 Å². The largest absolute Gasteiger partial charge is 0.493 e. The first-order valence-corrected chi connectivity index (χ1v) is 21.1. The number of benzene rings is 6. The van der Waals surface area contributed by atoms with E-state index in [1.807, 2.05) is 86.6 Å². The summed E-state index contributed by atoms with van der Waals surface area (Å²) in [6, 6.07) is 31.6. The summed E-state index contributed by atoms with van der Waals surface area (Å²) in [5, 5.41) is 18.7. The second-order valence-corrected chi connectivity index (χ2v) is 15.2. The van der Waals surface area contributed by atoms with E-state index in [1.165, 1.54) is 22.6 Å². The van der Waals surface area contributed by atoms with Crippen molar-refractivity contribution in [1.29, 1.82) is 0 Å². The van der Waals surface area contributed by atoms with Gasteiger partial charge >= 0.3 is 0 Å². The van der Waals surface area contributed by atoms with Crippen molar-refractivity contribution in [3.8, 4) is 23.0 Å². The maximum atomic E-state index is 13.7. The van der Waals surface area contributed by atoms with Crippen molar-refractivity contribution in [3.63, 3.8) is 0 Å². The fraction of sp³-hybridized carbons (Fsp3) is 0.200. The van der Waals surface area contributed by atoms with Crippen molar-refractivity contribution in [2.45, 2.75) is 38.8 Å². The molecule has 0 fully saturated rings. The molecule has 2 aliphatic heterocycles. The predicted octanol–water partition coefficient (Wildman–Crippen LogP) is 8.42. The Morgan fingerprint density at radius 1 is 0.515 bits per heavy atom. The molecule has 0 saturated carbocycles. The Hall–Kier alpha value is -8.40. The van der Waals surface area contributed by atoms with E-state index in [9.17, 15) is 19.2 Å². The lowest BCUT2D eigenvalue weighted by Gasteiger charge is -2.26. The molecule has 6 aromatic carbocycles. The van der Waals surface area contributed by atoms with Gasteiger partial charge in [-0.2, -0.15) is 0 Å². The summed E-state index contributed by atoms with van der Waals surface area (Å²) in [5.41, 5.74) is 2.97. The van der Waals surface area contributed by atoms with Crippen molar-refractivity contribution in [2.75, 3.05) is 27.4 Å². The highest BCUT2D eigenvalue weighted by molar-refractivity contribution is 6.27. The highest BCUT2D eigenvalue weighted by Gasteiger charge is 2.44. The fourth-order valence-corrected chi connectivity index (χ4v) is 8.57. The third kappa shape index (κ3) is 7.82. The molecule has 66 heavy (non-hydrogen) atoms. The molecule has 4 heterocycles. The summed E-state index contributed by atoms with van der Waals surface area (Å²) in [7, 11) is 3.12. The number of hydrogen-bond acceptors (Lipinski definition) is 14. The molecule has 10 rings (SSSR count). The summed E-state index contributed by atoms with van der Waals surface area (Å²) in [4.78, 5) is 56.9. The summed E-state index contributed by atoms with van der Waals surface area (Å²) in [5.74, 6) is 1.36. The normalized spacial score (nSPS) is 13.9. The van der Waals surface area contributed by atoms with Crippen molar-refractivity contribution >= 4 is 45.2 Å². The van der Waals surface area contributed by atoms with Crippen LogP contribution in [0.5, 0.6) is 23.0 Å². The van der Waals surface area contributed by atoms with Gasteiger partial charge in [-0.3, -0.25) is 29.0 Å². The van der Waals surface area contributed by atoms with E-state index in [0.717, 1.165) is 21.5 Å². The summed E-state index contributed by atoms with van der Waals surface area (Å²) in [6.07, 6.45) is 2.78. The van der Waals surface area contributed by atoms with Gasteiger partial charge in [-0.25, -0.2) is 0 Å². The van der Waals surface area contributed by atoms with E-state index >= 15 is 0 Å². The van der Waals surface area contributed by atoms with Crippen LogP contribution < -0.4 is 18.9 Å². The Bertz CT molecular complexity index is 2910. The van der Waals surface area contributed by atoms with Crippen LogP contribution in [0.15, 0.2) is 131 Å². The highest BCUT2D eigenvalue weighted by atomic mass is 16.5. The molecule has 2 aliphatic rings. The molecule has 332 valence electrons. The monoisotopic (exact) mass is 886 g/mol. The number of carbonyl (C=O) groups excluding carboxylic acids is 4. The van der Waals surface area contributed by atoms with Crippen LogP contribution >= 0.6 is 0 Å². The van der Waals surface area contributed by atoms with Crippen LogP contribution in [0.25, 0.3) is 21.5 Å². The van der Waals surface area contributed by atoms with Gasteiger partial charge in [-0.1, -0.05) is 72.8 Å². The Morgan fingerprint density at radius 3 is 1.32 bits per heavy atom. The number of nitrogens with zero attached hydrogens (tertiary/aromatic N) is 6. The van der Waals surface area contributed by atoms with E-state index in [-0.39, 0.29) is 36.5 Å². The fourth-order valence-electron chi connectivity index (χ4n) is 8.57. The van der Waals surface area contributed by atoms with Gasteiger partial charge in [0.25, 0.3) is 23.6 Å². The molecule has 0 N–H and O–H groups in total. The molecule has 0 aliphatic carbocycles. The van der Waals surface area contributed by atoms with Crippen molar-refractivity contribution in [1.82, 2.24) is 30.2 Å². The third-order valence-electron chi connectivity index (χ3n) is 11.5. The number of carbonyl (C=O) groups is 4. The van der Waals surface area contributed by atoms with Crippen LogP contribution in [0.4, 0.5) is 0 Å². The van der Waals surface area contributed by atoms with Gasteiger partial charge in [0.1, 0.15) is 0 Å². The minimum Gasteiger partial charge on any atom is -0.493 e. The smallest absolute Gasteiger partial charge is 0.262 e. The van der Waals surface area contributed by atoms with Crippen molar-refractivity contribution in [3.05, 3.63) is 167 Å². The molecule has 2 aromatic heterocycles. The third-order valence-corrected chi connectivity index (χ3v) is 11.5. The zero-order valence-corrected chi connectivity index (χ0v) is 36.3. The molecule has 16 heteroatoms. The van der Waals surface area contributed by atoms with Gasteiger partial charge in [-0.05, 0) is 82.9 Å². The molecule has 8 aromatic rings. The summed E-state index contributed by atoms with van der Waals surface area (Å²) in [6.45, 7) is 4.62. The van der Waals surface area contributed by atoms with Gasteiger partial charge in [0.2, 0.25) is 24.6 Å². The molecule has 0 bridgehead atoms. The zero-order chi connectivity index (χ0) is 45.9. The van der Waals surface area contributed by atoms with Crippen molar-refractivity contribution < 1.29 is 47.0 Å². The van der Waals surface area contributed by atoms with Gasteiger partial charge < -0.3 is 27.8 Å². The molecule has 16 nitrogen and oxygen atoms in total. The number of ether oxygens (including phenoxy) is 4. The van der Waals surface area contributed by atoms with Gasteiger partial charge in [0.15, 0.2) is 23.0 Å². The number of hydrogen-bond donors (Lipinski definition) is 0. The van der Waals surface area contributed by atoms with Crippen LogP contribution in [0, 0.1) is 0 Å². The summed E-state index contributed by atoms with van der Waals surface area (Å²) < 4.78 is 32.9. The van der Waals surface area contributed by atoms with Crippen LogP contribution in [-0.2, 0) is 12.8 Å². The Kier molecular flexibility index (Phi) is 11.9. The number of fused-ring (bicyclic) bond motifs is 6. The Labute approximate surface area is 377 Å². The average molecular weight is 887 g/mol. The first kappa shape index (κ1) is 42.9. The minimum absolute atomic E-state index is 0.168. The number of aromatic nitrogens is 4. The Balaban J connectivity index is 0.000000166. The quantitative estimate of drug-likeness (QED) is 0.0946. The van der Waals surface area contributed by atoms with Crippen LogP contribution in [-0.4, -0.2) is 81.3 Å². The van der Waals surface area contributed by atoms with E-state index in [2.05, 4.69) is 20.4 Å². The van der Waals surface area contributed by atoms with Crippen LogP contribution in [0.1, 0.15) is 90.3 Å². The lowest BCUT2D eigenvalue weighted by molar-refractivity contribution is 0.0561. The van der Waals surface area contributed by atoms with Crippen LogP contribution in [0.2, 0.25) is 0 Å². The summed E-state index contributed by atoms with van der Waals surface area (Å²) >= 11 is 0. The number of methoxy groups -OCH3 is 2. The lowest BCUT2D eigenvalue weighted by Crippen LogP contribution is -2.35. The second kappa shape index (κ2) is 18.4. The van der Waals surface area contributed by atoms with Gasteiger partial charge in [0.05, 0.1) is 74.6 Å². The minimum atomic E-state index is -0.679. The van der Waals surface area contributed by atoms with Gasteiger partial charge in [-0.15, -0.1) is 20.4 Å². The number of imide groups is 2. The van der Waals surface area contributed by atoms with Crippen LogP contribution in [0.3, 0.4) is 0 Å². The molecule has 2 unspecified atom stereocenters. The van der Waals surface area contributed by atoms with E-state index in [4.69, 9.17) is 27.8 Å². The first-order chi connectivity index (χ1) is 32.2. The molecule has 0 radical (unpaired) electrons. The topological polar surface area (TPSA) is 190 Å². The SMILES string of the molecule is CCOc1cc(C(Cc2nnco2)N2C(=O)c3ccc4ccccc4c3C2=O)ccc1OC.CCOc1cc(C(Cc2nnco2)N2C(=O)c3ccc4ccccc4c3C2=O)ccc1OC. The maximum Gasteiger partial charge on any atom is 0.262 e. The van der Waals surface area contributed by atoms with E-state index in [0.29, 0.717) is 81.4 Å². The lowest BCUT2D eigenvalue weighted by atomic mass is 10.0. The number of rotatable bonds is 14. The van der Waals surface area contributed by atoms with E-state index < -0.39 is 12.1 Å². The zero-order valence-electron chi connectivity index (χ0n) is 36.3. The van der Waals surface area contributed by atoms with Crippen molar-refractivity contribution in [2.24, 2.45) is 0 Å². The molecule has 4 amide bonds. The highest BCUT2D eigenvalue weighted by Crippen LogP contribution is 2.41. The Morgan fingerprint density at radius 2 is 0.939 bits per heavy atom. The first-order valence-electron chi connectivity index (χ1n) is 21.1. The maximum absolute atomic E-state index is 13.7. The molecule has 0 saturated heterocycles. The molecule has 2 atom stereocenters. The number of amides is 4. The molecular formula is C50H42N6O10. The standard InChI is InChI=1S/2C25H21N3O5/c2*1-3-32-21-12-16(9-11-20(21)31-2)19(13-22-27-26-14-33-22)28-24(29)18-10-8-15-6-4-5-7-17(15)23(18)25(28)30/h2*4-12,14,19H,3,13H2,1-2H3. The second-order valence-electron chi connectivity index (χ2n) is 15.2. The van der Waals surface area contributed by atoms with Gasteiger partial charge in [0, 0.05) is 0 Å². The molecule has 0 spiro atoms. The average Bonchev–Trinajstić information content (AvgIpc) is 4.16.